The molecule has 0 spiro atoms. The molecule has 0 aliphatic carbocycles. The number of hydrogen-bond donors (Lipinski definition) is 1. The van der Waals surface area contributed by atoms with Crippen molar-refractivity contribution in [3.63, 3.8) is 0 Å². The molecule has 0 radical (unpaired) electrons. The van der Waals surface area contributed by atoms with Gasteiger partial charge in [0, 0.05) is 25.5 Å². The molecule has 4 aromatic heterocycles. The van der Waals surface area contributed by atoms with Crippen LogP contribution in [0, 0.1) is 0 Å². The van der Waals surface area contributed by atoms with Crippen LogP contribution in [0.3, 0.4) is 0 Å². The lowest BCUT2D eigenvalue weighted by Crippen LogP contribution is -2.41. The standard InChI is InChI=1S/C16H16BrN7S2/c1-23(9-2-4-18-5-3-9)16-22-15-14(26-16)21-13(25-15)11-12-19-6-7-24(12)10(17)8-20-11/h6-9,18H,2-5H2,1H3. The summed E-state index contributed by atoms with van der Waals surface area (Å²) in [7, 11) is 2.14. The first-order valence-electron chi connectivity index (χ1n) is 8.39. The van der Waals surface area contributed by atoms with Crippen LogP contribution in [0.25, 0.3) is 26.0 Å². The molecule has 1 aliphatic heterocycles. The minimum Gasteiger partial charge on any atom is -0.348 e. The monoisotopic (exact) mass is 449 g/mol. The SMILES string of the molecule is CN(c1nc2sc(-c3ncc(Br)n4ccnc34)nc2s1)C1CCNCC1. The van der Waals surface area contributed by atoms with Crippen LogP contribution in [-0.2, 0) is 0 Å². The number of rotatable bonds is 3. The van der Waals surface area contributed by atoms with Gasteiger partial charge >= 0.3 is 0 Å². The van der Waals surface area contributed by atoms with Gasteiger partial charge in [-0.15, -0.1) is 0 Å². The van der Waals surface area contributed by atoms with Gasteiger partial charge in [0.2, 0.25) is 0 Å². The average molecular weight is 450 g/mol. The largest absolute Gasteiger partial charge is 0.348 e. The zero-order valence-electron chi connectivity index (χ0n) is 14.0. The van der Waals surface area contributed by atoms with Crippen LogP contribution in [0.2, 0.25) is 0 Å². The predicted molar refractivity (Wildman–Crippen MR) is 109 cm³/mol. The summed E-state index contributed by atoms with van der Waals surface area (Å²) in [5.74, 6) is 0. The lowest BCUT2D eigenvalue weighted by Gasteiger charge is -2.31. The predicted octanol–water partition coefficient (Wildman–Crippen LogP) is 3.41. The van der Waals surface area contributed by atoms with Crippen LogP contribution in [0.5, 0.6) is 0 Å². The topological polar surface area (TPSA) is 71.2 Å². The van der Waals surface area contributed by atoms with E-state index in [-0.39, 0.29) is 0 Å². The summed E-state index contributed by atoms with van der Waals surface area (Å²) in [6, 6.07) is 0.550. The van der Waals surface area contributed by atoms with Gasteiger partial charge in [0.05, 0.1) is 6.20 Å². The van der Waals surface area contributed by atoms with E-state index >= 15 is 0 Å². The maximum absolute atomic E-state index is 4.84. The summed E-state index contributed by atoms with van der Waals surface area (Å²) in [6.07, 6.45) is 7.77. The highest BCUT2D eigenvalue weighted by molar-refractivity contribution is 9.10. The van der Waals surface area contributed by atoms with Crippen molar-refractivity contribution in [2.75, 3.05) is 25.0 Å². The Bertz CT molecular complexity index is 1050. The molecule has 134 valence electrons. The van der Waals surface area contributed by atoms with Crippen LogP contribution < -0.4 is 10.2 Å². The molecule has 0 bridgehead atoms. The van der Waals surface area contributed by atoms with Crippen molar-refractivity contribution in [2.24, 2.45) is 0 Å². The Labute approximate surface area is 166 Å². The van der Waals surface area contributed by atoms with Gasteiger partial charge in [-0.25, -0.2) is 19.9 Å². The number of anilines is 1. The second-order valence-electron chi connectivity index (χ2n) is 6.27. The fourth-order valence-electron chi connectivity index (χ4n) is 3.27. The molecule has 0 aromatic carbocycles. The van der Waals surface area contributed by atoms with E-state index in [1.807, 2.05) is 10.6 Å². The third kappa shape index (κ3) is 2.72. The summed E-state index contributed by atoms with van der Waals surface area (Å²) in [6.45, 7) is 2.15. The molecule has 1 aliphatic rings. The van der Waals surface area contributed by atoms with Crippen LogP contribution >= 0.6 is 38.6 Å². The molecule has 0 unspecified atom stereocenters. The molecule has 1 fully saturated rings. The van der Waals surface area contributed by atoms with Gasteiger partial charge in [0.15, 0.2) is 20.4 Å². The Hall–Kier alpha value is -1.62. The highest BCUT2D eigenvalue weighted by Crippen LogP contribution is 2.37. The second-order valence-corrected chi connectivity index (χ2v) is 9.01. The molecule has 1 N–H and O–H groups in total. The van der Waals surface area contributed by atoms with Gasteiger partial charge in [-0.1, -0.05) is 22.7 Å². The first kappa shape index (κ1) is 16.5. The number of piperidine rings is 1. The summed E-state index contributed by atoms with van der Waals surface area (Å²) >= 11 is 6.73. The minimum absolute atomic E-state index is 0.550. The lowest BCUT2D eigenvalue weighted by atomic mass is 10.1. The molecule has 0 amide bonds. The van der Waals surface area contributed by atoms with Crippen LogP contribution in [0.1, 0.15) is 12.8 Å². The molecule has 0 atom stereocenters. The molecule has 26 heavy (non-hydrogen) atoms. The summed E-state index contributed by atoms with van der Waals surface area (Å²) in [5, 5.41) is 5.32. The summed E-state index contributed by atoms with van der Waals surface area (Å²) in [4.78, 5) is 22.8. The number of nitrogens with one attached hydrogen (secondary N) is 1. The van der Waals surface area contributed by atoms with E-state index in [0.717, 1.165) is 61.7 Å². The normalized spacial score (nSPS) is 15.9. The Morgan fingerprint density at radius 2 is 2.00 bits per heavy atom. The number of fused-ring (bicyclic) bond motifs is 2. The molecule has 10 heteroatoms. The molecular formula is C16H16BrN7S2. The maximum atomic E-state index is 4.84. The van der Waals surface area contributed by atoms with Gasteiger partial charge < -0.3 is 10.2 Å². The Morgan fingerprint density at radius 1 is 1.19 bits per heavy atom. The van der Waals surface area contributed by atoms with Crippen molar-refractivity contribution in [1.82, 2.24) is 29.7 Å². The minimum atomic E-state index is 0.550. The fraction of sp³-hybridized carbons (Fsp3) is 0.375. The van der Waals surface area contributed by atoms with E-state index in [2.05, 4.69) is 43.2 Å². The van der Waals surface area contributed by atoms with Crippen molar-refractivity contribution in [3.05, 3.63) is 23.2 Å². The van der Waals surface area contributed by atoms with Crippen molar-refractivity contribution in [2.45, 2.75) is 18.9 Å². The zero-order chi connectivity index (χ0) is 17.7. The zero-order valence-corrected chi connectivity index (χ0v) is 17.2. The van der Waals surface area contributed by atoms with Gasteiger partial charge in [0.1, 0.15) is 15.3 Å². The van der Waals surface area contributed by atoms with Crippen LogP contribution in [0.15, 0.2) is 23.2 Å². The van der Waals surface area contributed by atoms with E-state index in [4.69, 9.17) is 9.97 Å². The molecule has 0 saturated carbocycles. The van der Waals surface area contributed by atoms with Crippen molar-refractivity contribution >= 4 is 59.0 Å². The number of imidazole rings is 1. The molecule has 7 nitrogen and oxygen atoms in total. The number of halogens is 1. The highest BCUT2D eigenvalue weighted by Gasteiger charge is 2.22. The van der Waals surface area contributed by atoms with Gasteiger partial charge in [-0.3, -0.25) is 4.40 Å². The number of aromatic nitrogens is 5. The van der Waals surface area contributed by atoms with E-state index in [0.29, 0.717) is 6.04 Å². The highest BCUT2D eigenvalue weighted by atomic mass is 79.9. The quantitative estimate of drug-likeness (QED) is 0.516. The second kappa shape index (κ2) is 6.52. The molecule has 5 rings (SSSR count). The Balaban J connectivity index is 1.50. The maximum Gasteiger partial charge on any atom is 0.188 e. The van der Waals surface area contributed by atoms with Gasteiger partial charge in [0.25, 0.3) is 0 Å². The van der Waals surface area contributed by atoms with Crippen molar-refractivity contribution in [1.29, 1.82) is 0 Å². The van der Waals surface area contributed by atoms with Gasteiger partial charge in [-0.2, -0.15) is 0 Å². The Kier molecular flexibility index (Phi) is 4.15. The third-order valence-corrected chi connectivity index (χ3v) is 7.42. The number of nitrogens with zero attached hydrogens (tertiary/aromatic N) is 6. The lowest BCUT2D eigenvalue weighted by molar-refractivity contribution is 0.443. The molecule has 1 saturated heterocycles. The van der Waals surface area contributed by atoms with Crippen molar-refractivity contribution in [3.8, 4) is 10.7 Å². The first-order valence-corrected chi connectivity index (χ1v) is 10.8. The van der Waals surface area contributed by atoms with E-state index in [9.17, 15) is 0 Å². The van der Waals surface area contributed by atoms with Crippen LogP contribution in [-0.4, -0.2) is 50.5 Å². The molecule has 4 aromatic rings. The molecule has 5 heterocycles. The molecular weight excluding hydrogens is 434 g/mol. The fourth-order valence-corrected chi connectivity index (χ4v) is 5.73. The smallest absolute Gasteiger partial charge is 0.188 e. The Morgan fingerprint density at radius 3 is 2.81 bits per heavy atom. The van der Waals surface area contributed by atoms with Gasteiger partial charge in [-0.05, 0) is 41.9 Å². The average Bonchev–Trinajstić information content (AvgIpc) is 3.37. The van der Waals surface area contributed by atoms with Crippen molar-refractivity contribution < 1.29 is 0 Å². The number of hydrogen-bond acceptors (Lipinski definition) is 8. The number of thiazole rings is 2. The third-order valence-electron chi connectivity index (χ3n) is 4.71. The summed E-state index contributed by atoms with van der Waals surface area (Å²) < 4.78 is 2.83. The first-order chi connectivity index (χ1) is 12.7. The van der Waals surface area contributed by atoms with Crippen LogP contribution in [0.4, 0.5) is 5.13 Å². The van der Waals surface area contributed by atoms with E-state index in [1.54, 1.807) is 35.1 Å². The van der Waals surface area contributed by atoms with E-state index in [1.165, 1.54) is 0 Å². The summed E-state index contributed by atoms with van der Waals surface area (Å²) in [5.41, 5.74) is 1.59. The van der Waals surface area contributed by atoms with E-state index < -0.39 is 0 Å².